The van der Waals surface area contributed by atoms with Gasteiger partial charge in [0.15, 0.2) is 0 Å². The zero-order valence-electron chi connectivity index (χ0n) is 19.2. The van der Waals surface area contributed by atoms with Crippen molar-refractivity contribution in [3.8, 4) is 5.75 Å². The van der Waals surface area contributed by atoms with E-state index in [0.29, 0.717) is 37.3 Å². The van der Waals surface area contributed by atoms with Crippen LogP contribution in [-0.4, -0.2) is 57.2 Å². The molecule has 9 nitrogen and oxygen atoms in total. The van der Waals surface area contributed by atoms with E-state index in [-0.39, 0.29) is 24.8 Å². The predicted molar refractivity (Wildman–Crippen MR) is 124 cm³/mol. The number of carbonyl (C=O) groups excluding carboxylic acids is 3. The number of carboxylic acid groups (broad SMARTS) is 1. The van der Waals surface area contributed by atoms with Gasteiger partial charge in [-0.3, -0.25) is 29.4 Å². The van der Waals surface area contributed by atoms with E-state index in [1.807, 2.05) is 35.2 Å². The van der Waals surface area contributed by atoms with Gasteiger partial charge in [0.25, 0.3) is 5.91 Å². The fourth-order valence-corrected chi connectivity index (χ4v) is 5.12. The minimum Gasteiger partial charge on any atom is -0.489 e. The van der Waals surface area contributed by atoms with Crippen LogP contribution >= 0.6 is 0 Å². The first-order valence-corrected chi connectivity index (χ1v) is 11.8. The summed E-state index contributed by atoms with van der Waals surface area (Å²) in [7, 11) is 0. The number of carboxylic acids is 1. The summed E-state index contributed by atoms with van der Waals surface area (Å²) in [5.74, 6) is -1.15. The molecule has 1 unspecified atom stereocenters. The van der Waals surface area contributed by atoms with E-state index in [4.69, 9.17) is 4.74 Å². The van der Waals surface area contributed by atoms with Gasteiger partial charge in [0, 0.05) is 24.1 Å². The van der Waals surface area contributed by atoms with Crippen molar-refractivity contribution >= 4 is 23.7 Å². The highest BCUT2D eigenvalue weighted by Crippen LogP contribution is 2.34. The van der Waals surface area contributed by atoms with Crippen molar-refractivity contribution in [1.29, 1.82) is 0 Å². The van der Waals surface area contributed by atoms with Gasteiger partial charge in [-0.1, -0.05) is 30.3 Å². The van der Waals surface area contributed by atoms with Crippen LogP contribution in [0.25, 0.3) is 0 Å². The Bertz CT molecular complexity index is 1180. The minimum atomic E-state index is -0.766. The number of fused-ring (bicyclic) bond motifs is 1. The number of nitrogens with zero attached hydrogens (tertiary/aromatic N) is 2. The molecule has 9 heteroatoms. The Balaban J connectivity index is 1.23. The van der Waals surface area contributed by atoms with Gasteiger partial charge >= 0.3 is 5.97 Å². The SMILES string of the molecule is O=C1CCC(N2Cc3c(OCc4ccc(CN5CCC[C@@H]5C(=O)O)cc4)cccc3C2=O)C(=O)N1. The van der Waals surface area contributed by atoms with Crippen LogP contribution in [0.2, 0.25) is 0 Å². The lowest BCUT2D eigenvalue weighted by Crippen LogP contribution is -2.52. The Morgan fingerprint density at radius 2 is 1.83 bits per heavy atom. The molecule has 3 aliphatic rings. The maximum absolute atomic E-state index is 13.0. The van der Waals surface area contributed by atoms with Crippen molar-refractivity contribution in [2.75, 3.05) is 6.54 Å². The second-order valence-corrected chi connectivity index (χ2v) is 9.25. The molecule has 0 bridgehead atoms. The molecule has 0 radical (unpaired) electrons. The molecule has 2 aromatic carbocycles. The average molecular weight is 478 g/mol. The van der Waals surface area contributed by atoms with Gasteiger partial charge < -0.3 is 14.7 Å². The molecule has 0 saturated carbocycles. The molecule has 2 N–H and O–H groups in total. The first-order chi connectivity index (χ1) is 16.9. The van der Waals surface area contributed by atoms with Gasteiger partial charge in [-0.25, -0.2) is 0 Å². The van der Waals surface area contributed by atoms with Crippen LogP contribution in [0.15, 0.2) is 42.5 Å². The van der Waals surface area contributed by atoms with Crippen molar-refractivity contribution in [3.05, 3.63) is 64.7 Å². The number of ether oxygens (including phenoxy) is 1. The quantitative estimate of drug-likeness (QED) is 0.587. The van der Waals surface area contributed by atoms with Crippen LogP contribution in [-0.2, 0) is 34.1 Å². The largest absolute Gasteiger partial charge is 0.489 e. The van der Waals surface area contributed by atoms with Crippen molar-refractivity contribution in [1.82, 2.24) is 15.1 Å². The molecule has 2 atom stereocenters. The number of likely N-dealkylation sites (tertiary alicyclic amines) is 1. The fourth-order valence-electron chi connectivity index (χ4n) is 5.12. The summed E-state index contributed by atoms with van der Waals surface area (Å²) in [6.45, 7) is 1.96. The number of imide groups is 1. The first-order valence-electron chi connectivity index (χ1n) is 11.8. The molecule has 5 rings (SSSR count). The molecular formula is C26H27N3O6. The number of amides is 3. The van der Waals surface area contributed by atoms with E-state index in [1.54, 1.807) is 12.1 Å². The normalized spacial score (nSPS) is 22.3. The summed E-state index contributed by atoms with van der Waals surface area (Å²) in [5, 5.41) is 11.7. The summed E-state index contributed by atoms with van der Waals surface area (Å²) in [4.78, 5) is 51.6. The fraction of sp³-hybridized carbons (Fsp3) is 0.385. The van der Waals surface area contributed by atoms with E-state index in [2.05, 4.69) is 5.32 Å². The molecule has 182 valence electrons. The van der Waals surface area contributed by atoms with Crippen molar-refractivity contribution in [2.24, 2.45) is 0 Å². The van der Waals surface area contributed by atoms with E-state index in [9.17, 15) is 24.3 Å². The zero-order valence-corrected chi connectivity index (χ0v) is 19.2. The smallest absolute Gasteiger partial charge is 0.320 e. The number of piperidine rings is 1. The van der Waals surface area contributed by atoms with E-state index in [1.165, 1.54) is 4.90 Å². The van der Waals surface area contributed by atoms with E-state index >= 15 is 0 Å². The first kappa shape index (κ1) is 23.0. The van der Waals surface area contributed by atoms with E-state index in [0.717, 1.165) is 29.7 Å². The van der Waals surface area contributed by atoms with Crippen LogP contribution in [0, 0.1) is 0 Å². The Labute approximate surface area is 202 Å². The average Bonchev–Trinajstić information content (AvgIpc) is 3.44. The number of benzene rings is 2. The highest BCUT2D eigenvalue weighted by molar-refractivity contribution is 6.05. The Hall–Kier alpha value is -3.72. The number of aliphatic carboxylic acids is 1. The minimum absolute atomic E-state index is 0.213. The summed E-state index contributed by atoms with van der Waals surface area (Å²) < 4.78 is 6.06. The number of carbonyl (C=O) groups is 4. The van der Waals surface area contributed by atoms with Crippen molar-refractivity contribution < 1.29 is 29.0 Å². The summed E-state index contributed by atoms with van der Waals surface area (Å²) in [5.41, 5.74) is 3.26. The lowest BCUT2D eigenvalue weighted by atomic mass is 10.0. The number of hydrogen-bond donors (Lipinski definition) is 2. The van der Waals surface area contributed by atoms with E-state index < -0.39 is 24.0 Å². The third-order valence-electron chi connectivity index (χ3n) is 6.99. The van der Waals surface area contributed by atoms with Crippen molar-refractivity contribution in [3.63, 3.8) is 0 Å². The number of hydrogen-bond acceptors (Lipinski definition) is 6. The van der Waals surface area contributed by atoms with Crippen LogP contribution in [0.5, 0.6) is 5.75 Å². The molecule has 2 saturated heterocycles. The summed E-state index contributed by atoms with van der Waals surface area (Å²) in [6.07, 6.45) is 2.11. The van der Waals surface area contributed by atoms with Gasteiger partial charge in [-0.2, -0.15) is 0 Å². The molecule has 3 aliphatic heterocycles. The van der Waals surface area contributed by atoms with Gasteiger partial charge in [0.1, 0.15) is 24.4 Å². The number of rotatable bonds is 7. The second-order valence-electron chi connectivity index (χ2n) is 9.25. The molecule has 3 amide bonds. The van der Waals surface area contributed by atoms with Gasteiger partial charge in [-0.05, 0) is 49.1 Å². The molecule has 0 spiro atoms. The third kappa shape index (κ3) is 4.64. The molecule has 0 aliphatic carbocycles. The maximum atomic E-state index is 13.0. The molecule has 3 heterocycles. The summed E-state index contributed by atoms with van der Waals surface area (Å²) >= 11 is 0. The lowest BCUT2D eigenvalue weighted by Gasteiger charge is -2.29. The monoisotopic (exact) mass is 477 g/mol. The second kappa shape index (κ2) is 9.50. The van der Waals surface area contributed by atoms with Gasteiger partial charge in [0.05, 0.1) is 6.54 Å². The molecule has 0 aromatic heterocycles. The maximum Gasteiger partial charge on any atom is 0.320 e. The van der Waals surface area contributed by atoms with Crippen LogP contribution in [0.4, 0.5) is 0 Å². The zero-order chi connectivity index (χ0) is 24.5. The third-order valence-corrected chi connectivity index (χ3v) is 6.99. The summed E-state index contributed by atoms with van der Waals surface area (Å²) in [6, 6.07) is 12.1. The predicted octanol–water partition coefficient (Wildman–Crippen LogP) is 2.08. The molecule has 2 aromatic rings. The highest BCUT2D eigenvalue weighted by Gasteiger charge is 2.40. The molecular weight excluding hydrogens is 450 g/mol. The van der Waals surface area contributed by atoms with Crippen LogP contribution in [0.3, 0.4) is 0 Å². The Morgan fingerprint density at radius 1 is 1.06 bits per heavy atom. The van der Waals surface area contributed by atoms with Gasteiger partial charge in [0.2, 0.25) is 11.8 Å². The molecule has 2 fully saturated rings. The van der Waals surface area contributed by atoms with Crippen molar-refractivity contribution in [2.45, 2.75) is 57.5 Å². The standard InChI is InChI=1S/C26H27N3O6/c30-23-11-10-20(24(31)27-23)29-14-19-18(25(29)32)3-1-5-22(19)35-15-17-8-6-16(7-9-17)13-28-12-2-4-21(28)26(33)34/h1,3,5-9,20-21H,2,4,10-15H2,(H,33,34)(H,27,30,31)/t20?,21-/m1/s1. The highest BCUT2D eigenvalue weighted by atomic mass is 16.5. The Morgan fingerprint density at radius 3 is 2.57 bits per heavy atom. The van der Waals surface area contributed by atoms with Gasteiger partial charge in [-0.15, -0.1) is 0 Å². The Kier molecular flexibility index (Phi) is 6.25. The van der Waals surface area contributed by atoms with Crippen LogP contribution < -0.4 is 10.1 Å². The molecule has 35 heavy (non-hydrogen) atoms. The van der Waals surface area contributed by atoms with Crippen LogP contribution in [0.1, 0.15) is 52.7 Å². The topological polar surface area (TPSA) is 116 Å². The lowest BCUT2D eigenvalue weighted by molar-refractivity contribution is -0.142. The number of nitrogens with one attached hydrogen (secondary N) is 1.